The molecule has 2 N–H and O–H groups in total. The second-order valence-electron chi connectivity index (χ2n) is 4.76. The van der Waals surface area contributed by atoms with Gasteiger partial charge in [0, 0.05) is 5.56 Å². The molecule has 0 aliphatic heterocycles. The molecular formula is C14H9F3N2O3S. The third-order valence-electron chi connectivity index (χ3n) is 3.21. The highest BCUT2D eigenvalue weighted by atomic mass is 32.2. The molecule has 0 saturated heterocycles. The summed E-state index contributed by atoms with van der Waals surface area (Å²) in [5.41, 5.74) is -4.27. The van der Waals surface area contributed by atoms with Gasteiger partial charge >= 0.3 is 5.51 Å². The van der Waals surface area contributed by atoms with Crippen molar-refractivity contribution in [3.63, 3.8) is 0 Å². The third-order valence-corrected chi connectivity index (χ3v) is 4.69. The molecule has 3 rings (SSSR count). The van der Waals surface area contributed by atoms with Crippen LogP contribution in [0.3, 0.4) is 0 Å². The molecule has 1 aromatic heterocycles. The number of H-pyrrole nitrogens is 1. The van der Waals surface area contributed by atoms with Crippen LogP contribution in [-0.4, -0.2) is 29.0 Å². The van der Waals surface area contributed by atoms with Crippen molar-refractivity contribution in [2.24, 2.45) is 0 Å². The number of phenols is 1. The molecule has 0 fully saturated rings. The molecule has 0 aliphatic carbocycles. The highest BCUT2D eigenvalue weighted by molar-refractivity contribution is 7.92. The summed E-state index contributed by atoms with van der Waals surface area (Å²) in [4.78, 5) is 6.11. The predicted molar refractivity (Wildman–Crippen MR) is 76.4 cm³/mol. The molecule has 3 aromatic rings. The molecule has 2 aromatic carbocycles. The number of aromatic nitrogens is 2. The molecule has 9 heteroatoms. The quantitative estimate of drug-likeness (QED) is 0.749. The molecule has 0 aliphatic rings. The van der Waals surface area contributed by atoms with Crippen molar-refractivity contribution in [2.45, 2.75) is 10.4 Å². The van der Waals surface area contributed by atoms with Gasteiger partial charge in [0.1, 0.15) is 11.6 Å². The van der Waals surface area contributed by atoms with Gasteiger partial charge in [-0.2, -0.15) is 13.2 Å². The first kappa shape index (κ1) is 15.3. The molecule has 0 bridgehead atoms. The number of phenolic OH excluding ortho intramolecular Hbond substituents is 1. The molecule has 120 valence electrons. The molecule has 1 heterocycles. The number of imidazole rings is 1. The van der Waals surface area contributed by atoms with Crippen molar-refractivity contribution >= 4 is 20.9 Å². The fourth-order valence-corrected chi connectivity index (χ4v) is 2.83. The average Bonchev–Trinajstić information content (AvgIpc) is 2.89. The fraction of sp³-hybridized carbons (Fsp3) is 0.0714. The van der Waals surface area contributed by atoms with Crippen LogP contribution < -0.4 is 0 Å². The number of hydrogen-bond acceptors (Lipinski definition) is 4. The monoisotopic (exact) mass is 342 g/mol. The first-order chi connectivity index (χ1) is 10.7. The molecular weight excluding hydrogens is 333 g/mol. The third kappa shape index (κ3) is 2.63. The Balaban J connectivity index is 2.10. The highest BCUT2D eigenvalue weighted by Gasteiger charge is 2.46. The summed E-state index contributed by atoms with van der Waals surface area (Å²) in [6.07, 6.45) is 0. The standard InChI is InChI=1S/C14H9F3N2O3S/c15-14(16,17)23(21,22)10-5-6-11-12(7-10)19-13(18-11)8-1-3-9(20)4-2-8/h1-7,20H,(H,18,19). The maximum Gasteiger partial charge on any atom is 0.501 e. The number of nitrogens with zero attached hydrogens (tertiary/aromatic N) is 1. The van der Waals surface area contributed by atoms with Crippen LogP contribution >= 0.6 is 0 Å². The second-order valence-corrected chi connectivity index (χ2v) is 6.70. The van der Waals surface area contributed by atoms with Gasteiger partial charge in [0.15, 0.2) is 0 Å². The Hall–Kier alpha value is -2.55. The number of halogens is 3. The lowest BCUT2D eigenvalue weighted by Gasteiger charge is -2.07. The van der Waals surface area contributed by atoms with Crippen molar-refractivity contribution in [2.75, 3.05) is 0 Å². The number of hydrogen-bond donors (Lipinski definition) is 2. The minimum absolute atomic E-state index is 0.0587. The Kier molecular flexibility index (Phi) is 3.33. The molecule has 0 radical (unpaired) electrons. The van der Waals surface area contributed by atoms with Crippen molar-refractivity contribution in [3.8, 4) is 17.1 Å². The van der Waals surface area contributed by atoms with E-state index in [1.54, 1.807) is 12.1 Å². The van der Waals surface area contributed by atoms with Gasteiger partial charge in [0.25, 0.3) is 9.84 Å². The zero-order valence-corrected chi connectivity index (χ0v) is 12.1. The van der Waals surface area contributed by atoms with Gasteiger partial charge in [0.05, 0.1) is 15.9 Å². The zero-order valence-electron chi connectivity index (χ0n) is 11.3. The lowest BCUT2D eigenvalue weighted by Crippen LogP contribution is -2.23. The Morgan fingerprint density at radius 2 is 1.70 bits per heavy atom. The maximum atomic E-state index is 12.6. The van der Waals surface area contributed by atoms with Crippen LogP contribution in [-0.2, 0) is 9.84 Å². The van der Waals surface area contributed by atoms with E-state index in [0.29, 0.717) is 16.9 Å². The fourth-order valence-electron chi connectivity index (χ4n) is 2.05. The molecule has 23 heavy (non-hydrogen) atoms. The number of alkyl halides is 3. The molecule has 0 unspecified atom stereocenters. The number of sulfone groups is 1. The summed E-state index contributed by atoms with van der Waals surface area (Å²) in [6.45, 7) is 0. The van der Waals surface area contributed by atoms with Gasteiger partial charge in [0.2, 0.25) is 0 Å². The number of nitrogens with one attached hydrogen (secondary N) is 1. The van der Waals surface area contributed by atoms with E-state index < -0.39 is 20.2 Å². The minimum atomic E-state index is -5.41. The van der Waals surface area contributed by atoms with E-state index in [4.69, 9.17) is 0 Å². The van der Waals surface area contributed by atoms with Crippen LogP contribution in [0.15, 0.2) is 47.4 Å². The van der Waals surface area contributed by atoms with E-state index in [1.807, 2.05) is 0 Å². The Bertz CT molecular complexity index is 977. The van der Waals surface area contributed by atoms with Crippen LogP contribution in [0.5, 0.6) is 5.75 Å². The number of rotatable bonds is 2. The van der Waals surface area contributed by atoms with E-state index in [9.17, 15) is 26.7 Å². The SMILES string of the molecule is O=S(=O)(c1ccc2nc(-c3ccc(O)cc3)[nH]c2c1)C(F)(F)F. The van der Waals surface area contributed by atoms with Gasteiger partial charge in [-0.1, -0.05) is 0 Å². The minimum Gasteiger partial charge on any atom is -0.508 e. The summed E-state index contributed by atoms with van der Waals surface area (Å²) in [5, 5.41) is 9.24. The number of benzene rings is 2. The predicted octanol–water partition coefficient (Wildman–Crippen LogP) is 3.23. The molecule has 5 nitrogen and oxygen atoms in total. The molecule has 0 amide bonds. The molecule has 0 atom stereocenters. The van der Waals surface area contributed by atoms with Crippen molar-refractivity contribution < 1.29 is 26.7 Å². The van der Waals surface area contributed by atoms with Gasteiger partial charge in [-0.15, -0.1) is 0 Å². The summed E-state index contributed by atoms with van der Waals surface area (Å²) in [6, 6.07) is 8.97. The largest absolute Gasteiger partial charge is 0.508 e. The number of fused-ring (bicyclic) bond motifs is 1. The lowest BCUT2D eigenvalue weighted by atomic mass is 10.2. The van der Waals surface area contributed by atoms with Crippen LogP contribution in [0.25, 0.3) is 22.4 Å². The van der Waals surface area contributed by atoms with E-state index >= 15 is 0 Å². The van der Waals surface area contributed by atoms with E-state index in [2.05, 4.69) is 9.97 Å². The van der Waals surface area contributed by atoms with Gasteiger partial charge in [-0.3, -0.25) is 0 Å². The zero-order chi connectivity index (χ0) is 16.8. The van der Waals surface area contributed by atoms with Crippen molar-refractivity contribution in [1.29, 1.82) is 0 Å². The molecule has 0 spiro atoms. The van der Waals surface area contributed by atoms with Gasteiger partial charge < -0.3 is 10.1 Å². The Labute approximate surface area is 128 Å². The normalized spacial score (nSPS) is 12.7. The van der Waals surface area contributed by atoms with Crippen molar-refractivity contribution in [1.82, 2.24) is 9.97 Å². The number of aromatic amines is 1. The van der Waals surface area contributed by atoms with Crippen LogP contribution in [0.4, 0.5) is 13.2 Å². The van der Waals surface area contributed by atoms with Crippen molar-refractivity contribution in [3.05, 3.63) is 42.5 Å². The number of aromatic hydroxyl groups is 1. The van der Waals surface area contributed by atoms with Crippen LogP contribution in [0.1, 0.15) is 0 Å². The first-order valence-electron chi connectivity index (χ1n) is 6.29. The summed E-state index contributed by atoms with van der Waals surface area (Å²) in [5.74, 6) is 0.407. The Morgan fingerprint density at radius 3 is 2.30 bits per heavy atom. The average molecular weight is 342 g/mol. The lowest BCUT2D eigenvalue weighted by molar-refractivity contribution is -0.0435. The molecule has 0 saturated carbocycles. The summed E-state index contributed by atoms with van der Waals surface area (Å²) < 4.78 is 60.6. The Morgan fingerprint density at radius 1 is 1.04 bits per heavy atom. The summed E-state index contributed by atoms with van der Waals surface area (Å²) >= 11 is 0. The second kappa shape index (κ2) is 4.98. The van der Waals surface area contributed by atoms with Gasteiger partial charge in [-0.05, 0) is 42.5 Å². The van der Waals surface area contributed by atoms with Gasteiger partial charge in [-0.25, -0.2) is 13.4 Å². The van der Waals surface area contributed by atoms with E-state index in [0.717, 1.165) is 12.1 Å². The topological polar surface area (TPSA) is 83.1 Å². The van der Waals surface area contributed by atoms with E-state index in [1.165, 1.54) is 18.2 Å². The maximum absolute atomic E-state index is 12.6. The van der Waals surface area contributed by atoms with Crippen LogP contribution in [0.2, 0.25) is 0 Å². The smallest absolute Gasteiger partial charge is 0.501 e. The van der Waals surface area contributed by atoms with Crippen LogP contribution in [0, 0.1) is 0 Å². The first-order valence-corrected chi connectivity index (χ1v) is 7.77. The highest BCUT2D eigenvalue weighted by Crippen LogP contribution is 2.32. The van der Waals surface area contributed by atoms with E-state index in [-0.39, 0.29) is 11.3 Å². The summed E-state index contributed by atoms with van der Waals surface area (Å²) in [7, 11) is -5.41.